The molecule has 0 amide bonds. The van der Waals surface area contributed by atoms with Gasteiger partial charge >= 0.3 is 0 Å². The van der Waals surface area contributed by atoms with E-state index >= 15 is 0 Å². The van der Waals surface area contributed by atoms with Crippen LogP contribution in [0.1, 0.15) is 12.5 Å². The Morgan fingerprint density at radius 3 is 2.42 bits per heavy atom. The maximum absolute atomic E-state index is 12.9. The van der Waals surface area contributed by atoms with Crippen LogP contribution in [0.15, 0.2) is 41.3 Å². The molecule has 24 heavy (non-hydrogen) atoms. The van der Waals surface area contributed by atoms with E-state index in [2.05, 4.69) is 0 Å². The van der Waals surface area contributed by atoms with Gasteiger partial charge in [-0.2, -0.15) is 0 Å². The van der Waals surface area contributed by atoms with E-state index in [1.807, 2.05) is 0 Å². The highest BCUT2D eigenvalue weighted by Gasteiger charge is 2.27. The summed E-state index contributed by atoms with van der Waals surface area (Å²) in [6.45, 7) is 3.27. The molecule has 0 aliphatic carbocycles. The largest absolute Gasteiger partial charge is 0.273 e. The molecule has 6 nitrogen and oxygen atoms in total. The molecule has 0 aliphatic heterocycles. The van der Waals surface area contributed by atoms with Crippen molar-refractivity contribution in [3.05, 3.63) is 62.1 Å². The van der Waals surface area contributed by atoms with Gasteiger partial charge in [-0.3, -0.25) is 14.4 Å². The Morgan fingerprint density at radius 2 is 1.83 bits per heavy atom. The average molecular weight is 389 g/mol. The number of nitro benzene ring substituents is 1. The molecule has 2 rings (SSSR count). The Balaban J connectivity index is 2.61. The predicted molar refractivity (Wildman–Crippen MR) is 94.5 cm³/mol. The van der Waals surface area contributed by atoms with Crippen LogP contribution in [-0.4, -0.2) is 19.9 Å². The first-order valence-electron chi connectivity index (χ1n) is 6.91. The highest BCUT2D eigenvalue weighted by atomic mass is 35.5. The number of hydrogen-bond donors (Lipinski definition) is 0. The minimum absolute atomic E-state index is 0.0874. The van der Waals surface area contributed by atoms with Crippen molar-refractivity contribution in [1.29, 1.82) is 0 Å². The van der Waals surface area contributed by atoms with Gasteiger partial charge in [0.1, 0.15) is 0 Å². The summed E-state index contributed by atoms with van der Waals surface area (Å²) < 4.78 is 26.9. The summed E-state index contributed by atoms with van der Waals surface area (Å²) in [4.78, 5) is 10.3. The van der Waals surface area contributed by atoms with Crippen molar-refractivity contribution in [3.63, 3.8) is 0 Å². The minimum atomic E-state index is -4.03. The molecule has 0 bridgehead atoms. The van der Waals surface area contributed by atoms with Crippen LogP contribution in [0.4, 0.5) is 11.4 Å². The van der Waals surface area contributed by atoms with Gasteiger partial charge in [-0.05, 0) is 38.1 Å². The summed E-state index contributed by atoms with van der Waals surface area (Å²) in [7, 11) is -4.03. The van der Waals surface area contributed by atoms with E-state index in [1.54, 1.807) is 19.9 Å². The number of benzene rings is 2. The van der Waals surface area contributed by atoms with Crippen LogP contribution < -0.4 is 4.31 Å². The minimum Gasteiger partial charge on any atom is -0.265 e. The summed E-state index contributed by atoms with van der Waals surface area (Å²) >= 11 is 12.0. The molecule has 0 saturated carbocycles. The van der Waals surface area contributed by atoms with Gasteiger partial charge in [0.2, 0.25) is 0 Å². The smallest absolute Gasteiger partial charge is 0.265 e. The number of nitrogens with zero attached hydrogens (tertiary/aromatic N) is 2. The number of halogens is 2. The predicted octanol–water partition coefficient (Wildman–Crippen LogP) is 4.43. The molecule has 0 spiro atoms. The maximum Gasteiger partial charge on any atom is 0.273 e. The van der Waals surface area contributed by atoms with Gasteiger partial charge < -0.3 is 0 Å². The Morgan fingerprint density at radius 1 is 1.17 bits per heavy atom. The van der Waals surface area contributed by atoms with Gasteiger partial charge in [0, 0.05) is 23.2 Å². The molecule has 2 aromatic rings. The van der Waals surface area contributed by atoms with Crippen LogP contribution in [0.25, 0.3) is 0 Å². The van der Waals surface area contributed by atoms with Crippen LogP contribution in [-0.2, 0) is 10.0 Å². The van der Waals surface area contributed by atoms with Gasteiger partial charge in [-0.25, -0.2) is 8.42 Å². The van der Waals surface area contributed by atoms with Gasteiger partial charge in [0.05, 0.1) is 20.5 Å². The molecule has 0 saturated heterocycles. The molecular weight excluding hydrogens is 375 g/mol. The Hall–Kier alpha value is -1.83. The number of rotatable bonds is 5. The average Bonchev–Trinajstić information content (AvgIpc) is 2.51. The summed E-state index contributed by atoms with van der Waals surface area (Å²) in [5.74, 6) is 0. The molecule has 0 unspecified atom stereocenters. The Labute approximate surface area is 149 Å². The van der Waals surface area contributed by atoms with Gasteiger partial charge in [0.15, 0.2) is 0 Å². The van der Waals surface area contributed by atoms with Crippen molar-refractivity contribution in [3.8, 4) is 0 Å². The first kappa shape index (κ1) is 18.5. The molecule has 0 N–H and O–H groups in total. The zero-order valence-electron chi connectivity index (χ0n) is 12.9. The van der Waals surface area contributed by atoms with Crippen LogP contribution in [0.3, 0.4) is 0 Å². The quantitative estimate of drug-likeness (QED) is 0.560. The van der Waals surface area contributed by atoms with Crippen molar-refractivity contribution in [2.45, 2.75) is 18.7 Å². The van der Waals surface area contributed by atoms with Crippen LogP contribution >= 0.6 is 23.2 Å². The van der Waals surface area contributed by atoms with Crippen molar-refractivity contribution in [2.24, 2.45) is 0 Å². The van der Waals surface area contributed by atoms with E-state index in [4.69, 9.17) is 23.2 Å². The van der Waals surface area contributed by atoms with Crippen molar-refractivity contribution < 1.29 is 13.3 Å². The first-order valence-corrected chi connectivity index (χ1v) is 9.11. The normalized spacial score (nSPS) is 11.3. The molecule has 0 heterocycles. The third-order valence-corrected chi connectivity index (χ3v) is 5.87. The lowest BCUT2D eigenvalue weighted by molar-refractivity contribution is -0.385. The monoisotopic (exact) mass is 388 g/mol. The van der Waals surface area contributed by atoms with E-state index in [1.165, 1.54) is 24.3 Å². The van der Waals surface area contributed by atoms with Crippen molar-refractivity contribution >= 4 is 44.6 Å². The molecule has 9 heteroatoms. The third-order valence-electron chi connectivity index (χ3n) is 3.43. The van der Waals surface area contributed by atoms with Gasteiger partial charge in [-0.15, -0.1) is 0 Å². The SMILES string of the molecule is CCN(c1cc(Cl)ccc1Cl)S(=O)(=O)c1ccc(C)c([N+](=O)[O-])c1. The lowest BCUT2D eigenvalue weighted by atomic mass is 10.2. The van der Waals surface area contributed by atoms with E-state index in [0.717, 1.165) is 10.4 Å². The summed E-state index contributed by atoms with van der Waals surface area (Å²) in [6.07, 6.45) is 0. The van der Waals surface area contributed by atoms with Gasteiger partial charge in [0.25, 0.3) is 15.7 Å². The number of sulfonamides is 1. The van der Waals surface area contributed by atoms with Crippen LogP contribution in [0.2, 0.25) is 10.0 Å². The zero-order valence-corrected chi connectivity index (χ0v) is 15.2. The van der Waals surface area contributed by atoms with Crippen LogP contribution in [0, 0.1) is 17.0 Å². The van der Waals surface area contributed by atoms with Crippen LogP contribution in [0.5, 0.6) is 0 Å². The maximum atomic E-state index is 12.9. The number of nitro groups is 1. The molecular formula is C15H14Cl2N2O4S. The molecule has 0 atom stereocenters. The molecule has 0 fully saturated rings. The second kappa shape index (κ2) is 6.96. The zero-order chi connectivity index (χ0) is 18.1. The van der Waals surface area contributed by atoms with Crippen molar-refractivity contribution in [1.82, 2.24) is 0 Å². The summed E-state index contributed by atoms with van der Waals surface area (Å²) in [5.41, 5.74) is 0.335. The molecule has 0 aliphatic rings. The van der Waals surface area contributed by atoms with Crippen molar-refractivity contribution in [2.75, 3.05) is 10.8 Å². The number of anilines is 1. The lowest BCUT2D eigenvalue weighted by Crippen LogP contribution is -2.31. The second-order valence-corrected chi connectivity index (χ2v) is 7.68. The first-order chi connectivity index (χ1) is 11.2. The third kappa shape index (κ3) is 3.48. The molecule has 128 valence electrons. The Bertz CT molecular complexity index is 900. The highest BCUT2D eigenvalue weighted by molar-refractivity contribution is 7.92. The lowest BCUT2D eigenvalue weighted by Gasteiger charge is -2.24. The van der Waals surface area contributed by atoms with E-state index in [-0.39, 0.29) is 27.8 Å². The molecule has 0 radical (unpaired) electrons. The van der Waals surface area contributed by atoms with Gasteiger partial charge in [-0.1, -0.05) is 29.3 Å². The second-order valence-electron chi connectivity index (χ2n) is 4.97. The molecule has 0 aromatic heterocycles. The standard InChI is InChI=1S/C15H14Cl2N2O4S/c1-3-18(15-8-11(16)5-7-13(15)17)24(22,23)12-6-4-10(2)14(9-12)19(20)21/h4-9H,3H2,1-2H3. The van der Waals surface area contributed by atoms with E-state index in [0.29, 0.717) is 10.6 Å². The summed E-state index contributed by atoms with van der Waals surface area (Å²) in [5, 5.41) is 11.6. The molecule has 2 aromatic carbocycles. The fourth-order valence-electron chi connectivity index (χ4n) is 2.22. The number of hydrogen-bond acceptors (Lipinski definition) is 4. The topological polar surface area (TPSA) is 80.5 Å². The highest BCUT2D eigenvalue weighted by Crippen LogP contribution is 2.33. The van der Waals surface area contributed by atoms with E-state index in [9.17, 15) is 18.5 Å². The van der Waals surface area contributed by atoms with E-state index < -0.39 is 14.9 Å². The fourth-order valence-corrected chi connectivity index (χ4v) is 4.16. The number of aryl methyl sites for hydroxylation is 1. The Kier molecular flexibility index (Phi) is 5.37. The fraction of sp³-hybridized carbons (Fsp3) is 0.200. The summed E-state index contributed by atoms with van der Waals surface area (Å²) in [6, 6.07) is 8.26.